The van der Waals surface area contributed by atoms with Gasteiger partial charge in [0.15, 0.2) is 11.5 Å². The van der Waals surface area contributed by atoms with Gasteiger partial charge in [0.2, 0.25) is 5.82 Å². The van der Waals surface area contributed by atoms with Crippen molar-refractivity contribution < 1.29 is 8.91 Å². The second-order valence-corrected chi connectivity index (χ2v) is 5.52. The van der Waals surface area contributed by atoms with Crippen molar-refractivity contribution in [3.8, 4) is 28.7 Å². The predicted molar refractivity (Wildman–Crippen MR) is 89.5 cm³/mol. The summed E-state index contributed by atoms with van der Waals surface area (Å²) in [5, 5.41) is 12.3. The molecule has 7 nitrogen and oxygen atoms in total. The highest BCUT2D eigenvalue weighted by Crippen LogP contribution is 2.28. The molecule has 2 heterocycles. The fraction of sp³-hybridized carbons (Fsp3) is 0. The van der Waals surface area contributed by atoms with Crippen LogP contribution in [0.25, 0.3) is 28.7 Å². The van der Waals surface area contributed by atoms with Crippen LogP contribution in [0.4, 0.5) is 10.2 Å². The standard InChI is InChI=1S/C16H10ClFN6O/c17-11-3-1-2-4-12(11)24-14(19)13(21-23-24)16-20-15(22-25-16)9-5-7-10(18)8-6-9/h1-8H,19H2. The first-order valence-electron chi connectivity index (χ1n) is 7.19. The molecule has 9 heteroatoms. The van der Waals surface area contributed by atoms with E-state index in [4.69, 9.17) is 21.9 Å². The lowest BCUT2D eigenvalue weighted by atomic mass is 10.2. The van der Waals surface area contributed by atoms with Crippen LogP contribution < -0.4 is 5.73 Å². The molecule has 0 atom stereocenters. The van der Waals surface area contributed by atoms with Crippen LogP contribution in [0.5, 0.6) is 0 Å². The zero-order valence-electron chi connectivity index (χ0n) is 12.6. The van der Waals surface area contributed by atoms with Crippen molar-refractivity contribution in [3.05, 3.63) is 59.4 Å². The number of aromatic nitrogens is 5. The number of nitrogens with two attached hydrogens (primary N) is 1. The van der Waals surface area contributed by atoms with E-state index in [0.29, 0.717) is 22.1 Å². The first-order chi connectivity index (χ1) is 12.1. The highest BCUT2D eigenvalue weighted by Gasteiger charge is 2.20. The number of rotatable bonds is 3. The number of anilines is 1. The van der Waals surface area contributed by atoms with Gasteiger partial charge in [-0.3, -0.25) is 0 Å². The fourth-order valence-corrected chi connectivity index (χ4v) is 2.49. The van der Waals surface area contributed by atoms with Gasteiger partial charge in [-0.15, -0.1) is 5.10 Å². The molecule has 0 spiro atoms. The lowest BCUT2D eigenvalue weighted by molar-refractivity contribution is 0.431. The lowest BCUT2D eigenvalue weighted by Crippen LogP contribution is -2.02. The Morgan fingerprint density at radius 2 is 1.84 bits per heavy atom. The summed E-state index contributed by atoms with van der Waals surface area (Å²) in [5.74, 6) is 0.263. The van der Waals surface area contributed by atoms with Gasteiger partial charge in [-0.25, -0.2) is 4.39 Å². The molecule has 0 unspecified atom stereocenters. The Balaban J connectivity index is 1.72. The SMILES string of the molecule is Nc1c(-c2nc(-c3ccc(F)cc3)no2)nnn1-c1ccccc1Cl. The molecule has 124 valence electrons. The highest BCUT2D eigenvalue weighted by molar-refractivity contribution is 6.32. The molecule has 0 bridgehead atoms. The van der Waals surface area contributed by atoms with E-state index in [1.54, 1.807) is 36.4 Å². The number of nitrogen functional groups attached to an aromatic ring is 1. The maximum atomic E-state index is 13.0. The van der Waals surface area contributed by atoms with Crippen molar-refractivity contribution in [1.29, 1.82) is 0 Å². The van der Waals surface area contributed by atoms with E-state index in [1.165, 1.54) is 16.8 Å². The van der Waals surface area contributed by atoms with Crippen molar-refractivity contribution in [1.82, 2.24) is 25.1 Å². The molecule has 25 heavy (non-hydrogen) atoms. The van der Waals surface area contributed by atoms with Crippen molar-refractivity contribution in [2.24, 2.45) is 0 Å². The molecule has 4 rings (SSSR count). The van der Waals surface area contributed by atoms with Gasteiger partial charge in [-0.1, -0.05) is 34.1 Å². The molecule has 0 saturated heterocycles. The third kappa shape index (κ3) is 2.72. The molecular weight excluding hydrogens is 347 g/mol. The number of halogens is 2. The normalized spacial score (nSPS) is 11.0. The van der Waals surface area contributed by atoms with E-state index >= 15 is 0 Å². The smallest absolute Gasteiger partial charge is 0.282 e. The Bertz CT molecular complexity index is 1040. The van der Waals surface area contributed by atoms with Crippen LogP contribution >= 0.6 is 11.6 Å². The van der Waals surface area contributed by atoms with Gasteiger partial charge in [0, 0.05) is 5.56 Å². The van der Waals surface area contributed by atoms with Crippen molar-refractivity contribution in [2.45, 2.75) is 0 Å². The summed E-state index contributed by atoms with van der Waals surface area (Å²) in [7, 11) is 0. The van der Waals surface area contributed by atoms with Gasteiger partial charge in [0.25, 0.3) is 5.89 Å². The van der Waals surface area contributed by atoms with Crippen LogP contribution in [0.15, 0.2) is 53.1 Å². The number of hydrogen-bond donors (Lipinski definition) is 1. The monoisotopic (exact) mass is 356 g/mol. The minimum absolute atomic E-state index is 0.107. The zero-order chi connectivity index (χ0) is 17.4. The predicted octanol–water partition coefficient (Wildman–Crippen LogP) is 3.36. The maximum Gasteiger partial charge on any atom is 0.282 e. The van der Waals surface area contributed by atoms with Crippen molar-refractivity contribution in [2.75, 3.05) is 5.73 Å². The van der Waals surface area contributed by atoms with E-state index in [2.05, 4.69) is 20.5 Å². The topological polar surface area (TPSA) is 95.7 Å². The Hall–Kier alpha value is -3.26. The largest absolute Gasteiger partial charge is 0.382 e. The molecule has 0 fully saturated rings. The maximum absolute atomic E-state index is 13.0. The van der Waals surface area contributed by atoms with E-state index in [9.17, 15) is 4.39 Å². The van der Waals surface area contributed by atoms with Crippen LogP contribution in [-0.4, -0.2) is 25.1 Å². The summed E-state index contributed by atoms with van der Waals surface area (Å²) in [6.45, 7) is 0. The Morgan fingerprint density at radius 3 is 2.60 bits per heavy atom. The summed E-state index contributed by atoms with van der Waals surface area (Å²) in [5.41, 5.74) is 7.53. The number of benzene rings is 2. The molecule has 0 amide bonds. The molecule has 4 aromatic rings. The summed E-state index contributed by atoms with van der Waals surface area (Å²) in [6, 6.07) is 12.8. The minimum Gasteiger partial charge on any atom is -0.382 e. The van der Waals surface area contributed by atoms with Crippen molar-refractivity contribution in [3.63, 3.8) is 0 Å². The van der Waals surface area contributed by atoms with Crippen molar-refractivity contribution >= 4 is 17.4 Å². The van der Waals surface area contributed by atoms with E-state index in [-0.39, 0.29) is 23.2 Å². The molecule has 0 saturated carbocycles. The number of hydrogen-bond acceptors (Lipinski definition) is 6. The van der Waals surface area contributed by atoms with Crippen LogP contribution in [0, 0.1) is 5.82 Å². The molecule has 0 radical (unpaired) electrons. The number of nitrogens with zero attached hydrogens (tertiary/aromatic N) is 5. The third-order valence-corrected chi connectivity index (χ3v) is 3.84. The summed E-state index contributed by atoms with van der Waals surface area (Å²) in [4.78, 5) is 4.24. The van der Waals surface area contributed by atoms with E-state index in [1.807, 2.05) is 0 Å². The minimum atomic E-state index is -0.348. The summed E-state index contributed by atoms with van der Waals surface area (Å²) in [6.07, 6.45) is 0. The van der Waals surface area contributed by atoms with Gasteiger partial charge in [-0.2, -0.15) is 9.67 Å². The Labute approximate surface area is 145 Å². The van der Waals surface area contributed by atoms with Crippen LogP contribution in [0.2, 0.25) is 5.02 Å². The second-order valence-electron chi connectivity index (χ2n) is 5.12. The summed E-state index contributed by atoms with van der Waals surface area (Å²) < 4.78 is 19.6. The van der Waals surface area contributed by atoms with Crippen LogP contribution in [-0.2, 0) is 0 Å². The first-order valence-corrected chi connectivity index (χ1v) is 7.57. The van der Waals surface area contributed by atoms with Gasteiger partial charge >= 0.3 is 0 Å². The highest BCUT2D eigenvalue weighted by atomic mass is 35.5. The van der Waals surface area contributed by atoms with Gasteiger partial charge in [-0.05, 0) is 36.4 Å². The van der Waals surface area contributed by atoms with E-state index in [0.717, 1.165) is 0 Å². The zero-order valence-corrected chi connectivity index (χ0v) is 13.4. The average molecular weight is 357 g/mol. The quantitative estimate of drug-likeness (QED) is 0.604. The molecule has 0 aliphatic rings. The van der Waals surface area contributed by atoms with E-state index < -0.39 is 0 Å². The molecular formula is C16H10ClFN6O. The molecule has 0 aliphatic heterocycles. The first kappa shape index (κ1) is 15.3. The Kier molecular flexibility index (Phi) is 3.66. The number of para-hydroxylation sites is 1. The fourth-order valence-electron chi connectivity index (χ4n) is 2.28. The Morgan fingerprint density at radius 1 is 1.08 bits per heavy atom. The molecule has 2 aromatic carbocycles. The molecule has 2 aromatic heterocycles. The molecule has 2 N–H and O–H groups in total. The van der Waals surface area contributed by atoms with Gasteiger partial charge in [0.05, 0.1) is 10.7 Å². The average Bonchev–Trinajstić information content (AvgIpc) is 3.23. The van der Waals surface area contributed by atoms with Gasteiger partial charge in [0.1, 0.15) is 5.82 Å². The van der Waals surface area contributed by atoms with Crippen LogP contribution in [0.3, 0.4) is 0 Å². The second kappa shape index (κ2) is 5.99. The lowest BCUT2D eigenvalue weighted by Gasteiger charge is -2.04. The molecule has 0 aliphatic carbocycles. The summed E-state index contributed by atoms with van der Waals surface area (Å²) >= 11 is 6.16. The van der Waals surface area contributed by atoms with Crippen LogP contribution in [0.1, 0.15) is 0 Å². The third-order valence-electron chi connectivity index (χ3n) is 3.52. The van der Waals surface area contributed by atoms with Gasteiger partial charge < -0.3 is 10.3 Å².